The molecule has 1 atom stereocenters. The predicted molar refractivity (Wildman–Crippen MR) is 96.5 cm³/mol. The Kier molecular flexibility index (Phi) is 6.27. The smallest absolute Gasteiger partial charge is 0.263 e. The van der Waals surface area contributed by atoms with Crippen molar-refractivity contribution in [2.24, 2.45) is 0 Å². The minimum atomic E-state index is -0.464. The highest BCUT2D eigenvalue weighted by molar-refractivity contribution is 5.81. The lowest BCUT2D eigenvalue weighted by Gasteiger charge is -2.33. The number of rotatable bonds is 5. The SMILES string of the molecule is CCOC1CCN(C(=O)C(C)Oc2ccc(C(C)(C)C)cc2)CC1. The van der Waals surface area contributed by atoms with Crippen LogP contribution in [-0.4, -0.2) is 42.7 Å². The minimum Gasteiger partial charge on any atom is -0.481 e. The van der Waals surface area contributed by atoms with Crippen LogP contribution in [0.4, 0.5) is 0 Å². The Morgan fingerprint density at radius 1 is 1.21 bits per heavy atom. The molecule has 1 unspecified atom stereocenters. The Morgan fingerprint density at radius 2 is 1.79 bits per heavy atom. The van der Waals surface area contributed by atoms with Gasteiger partial charge in [0.15, 0.2) is 6.10 Å². The molecule has 134 valence electrons. The third-order valence-electron chi connectivity index (χ3n) is 4.54. The fourth-order valence-electron chi connectivity index (χ4n) is 3.02. The Hall–Kier alpha value is -1.55. The van der Waals surface area contributed by atoms with Gasteiger partial charge in [-0.1, -0.05) is 32.9 Å². The molecule has 1 aromatic rings. The van der Waals surface area contributed by atoms with Crippen LogP contribution < -0.4 is 4.74 Å². The summed E-state index contributed by atoms with van der Waals surface area (Å²) in [5.74, 6) is 0.804. The van der Waals surface area contributed by atoms with Gasteiger partial charge in [-0.25, -0.2) is 0 Å². The van der Waals surface area contributed by atoms with Crippen molar-refractivity contribution in [1.82, 2.24) is 4.90 Å². The van der Waals surface area contributed by atoms with E-state index in [4.69, 9.17) is 9.47 Å². The van der Waals surface area contributed by atoms with Crippen LogP contribution in [0.5, 0.6) is 5.75 Å². The van der Waals surface area contributed by atoms with Crippen molar-refractivity contribution >= 4 is 5.91 Å². The number of piperidine rings is 1. The zero-order valence-corrected chi connectivity index (χ0v) is 15.7. The Balaban J connectivity index is 1.88. The topological polar surface area (TPSA) is 38.8 Å². The molecule has 1 aliphatic heterocycles. The van der Waals surface area contributed by atoms with Crippen LogP contribution in [0.2, 0.25) is 0 Å². The van der Waals surface area contributed by atoms with Crippen molar-refractivity contribution in [3.63, 3.8) is 0 Å². The molecule has 24 heavy (non-hydrogen) atoms. The number of hydrogen-bond acceptors (Lipinski definition) is 3. The normalized spacial score (nSPS) is 17.6. The van der Waals surface area contributed by atoms with Gasteiger partial charge in [-0.2, -0.15) is 0 Å². The maximum atomic E-state index is 12.6. The van der Waals surface area contributed by atoms with Crippen molar-refractivity contribution in [3.8, 4) is 5.75 Å². The molecule has 1 aromatic carbocycles. The van der Waals surface area contributed by atoms with Crippen LogP contribution in [0.3, 0.4) is 0 Å². The molecular formula is C20H31NO3. The largest absolute Gasteiger partial charge is 0.481 e. The molecule has 1 heterocycles. The van der Waals surface area contributed by atoms with Gasteiger partial charge >= 0.3 is 0 Å². The predicted octanol–water partition coefficient (Wildman–Crippen LogP) is 3.78. The summed E-state index contributed by atoms with van der Waals surface area (Å²) in [5.41, 5.74) is 1.37. The molecule has 1 aliphatic rings. The van der Waals surface area contributed by atoms with Gasteiger partial charge in [0, 0.05) is 19.7 Å². The summed E-state index contributed by atoms with van der Waals surface area (Å²) >= 11 is 0. The maximum absolute atomic E-state index is 12.6. The van der Waals surface area contributed by atoms with E-state index in [0.717, 1.165) is 38.3 Å². The van der Waals surface area contributed by atoms with E-state index in [0.29, 0.717) is 6.10 Å². The highest BCUT2D eigenvalue weighted by Gasteiger charge is 2.27. The summed E-state index contributed by atoms with van der Waals surface area (Å²) < 4.78 is 11.5. The molecule has 1 amide bonds. The molecule has 2 rings (SSSR count). The Bertz CT molecular complexity index is 525. The van der Waals surface area contributed by atoms with Gasteiger partial charge in [-0.05, 0) is 49.8 Å². The highest BCUT2D eigenvalue weighted by atomic mass is 16.5. The first kappa shape index (κ1) is 18.8. The Labute approximate surface area is 146 Å². The van der Waals surface area contributed by atoms with Crippen LogP contribution in [0, 0.1) is 0 Å². The quantitative estimate of drug-likeness (QED) is 0.823. The third-order valence-corrected chi connectivity index (χ3v) is 4.54. The third kappa shape index (κ3) is 4.97. The van der Waals surface area contributed by atoms with E-state index in [1.807, 2.05) is 30.9 Å². The number of amides is 1. The van der Waals surface area contributed by atoms with Crippen LogP contribution in [0.1, 0.15) is 53.0 Å². The summed E-state index contributed by atoms with van der Waals surface area (Å²) in [5, 5.41) is 0. The molecule has 0 radical (unpaired) electrons. The number of hydrogen-bond donors (Lipinski definition) is 0. The van der Waals surface area contributed by atoms with E-state index in [1.54, 1.807) is 0 Å². The van der Waals surface area contributed by atoms with Gasteiger partial charge in [-0.3, -0.25) is 4.79 Å². The molecule has 0 aliphatic carbocycles. The second kappa shape index (κ2) is 8.02. The van der Waals surface area contributed by atoms with Crippen molar-refractivity contribution in [1.29, 1.82) is 0 Å². The Morgan fingerprint density at radius 3 is 2.29 bits per heavy atom. The maximum Gasteiger partial charge on any atom is 0.263 e. The lowest BCUT2D eigenvalue weighted by atomic mass is 9.87. The molecular weight excluding hydrogens is 302 g/mol. The average Bonchev–Trinajstić information content (AvgIpc) is 2.55. The standard InChI is InChI=1S/C20H31NO3/c1-6-23-17-11-13-21(14-12-17)19(22)15(2)24-18-9-7-16(8-10-18)20(3,4)5/h7-10,15,17H,6,11-14H2,1-5H3. The summed E-state index contributed by atoms with van der Waals surface area (Å²) in [7, 11) is 0. The van der Waals surface area contributed by atoms with Gasteiger partial charge in [0.25, 0.3) is 5.91 Å². The molecule has 4 heteroatoms. The van der Waals surface area contributed by atoms with Crippen LogP contribution in [0.25, 0.3) is 0 Å². The molecule has 0 bridgehead atoms. The van der Waals surface area contributed by atoms with Crippen LogP contribution in [0.15, 0.2) is 24.3 Å². The lowest BCUT2D eigenvalue weighted by Crippen LogP contribution is -2.46. The van der Waals surface area contributed by atoms with Gasteiger partial charge in [0.1, 0.15) is 5.75 Å². The van der Waals surface area contributed by atoms with E-state index < -0.39 is 6.10 Å². The molecule has 0 spiro atoms. The van der Waals surface area contributed by atoms with E-state index in [1.165, 1.54) is 5.56 Å². The van der Waals surface area contributed by atoms with Crippen molar-refractivity contribution < 1.29 is 14.3 Å². The average molecular weight is 333 g/mol. The number of carbonyl (C=O) groups excluding carboxylic acids is 1. The van der Waals surface area contributed by atoms with Crippen LogP contribution in [-0.2, 0) is 14.9 Å². The number of nitrogens with zero attached hydrogens (tertiary/aromatic N) is 1. The number of likely N-dealkylation sites (tertiary alicyclic amines) is 1. The lowest BCUT2D eigenvalue weighted by molar-refractivity contribution is -0.140. The number of carbonyl (C=O) groups is 1. The van der Waals surface area contributed by atoms with E-state index in [-0.39, 0.29) is 11.3 Å². The fraction of sp³-hybridized carbons (Fsp3) is 0.650. The molecule has 0 aromatic heterocycles. The molecule has 4 nitrogen and oxygen atoms in total. The van der Waals surface area contributed by atoms with E-state index in [2.05, 4.69) is 32.9 Å². The number of benzene rings is 1. The summed E-state index contributed by atoms with van der Waals surface area (Å²) in [6, 6.07) is 8.04. The second-order valence-electron chi connectivity index (χ2n) is 7.51. The first-order valence-corrected chi connectivity index (χ1v) is 8.99. The summed E-state index contributed by atoms with van der Waals surface area (Å²) in [6.45, 7) is 12.6. The number of ether oxygens (including phenoxy) is 2. The summed E-state index contributed by atoms with van der Waals surface area (Å²) in [6.07, 6.45) is 1.65. The first-order valence-electron chi connectivity index (χ1n) is 8.99. The van der Waals surface area contributed by atoms with Gasteiger partial charge < -0.3 is 14.4 Å². The van der Waals surface area contributed by atoms with E-state index in [9.17, 15) is 4.79 Å². The second-order valence-corrected chi connectivity index (χ2v) is 7.51. The molecule has 1 fully saturated rings. The zero-order valence-electron chi connectivity index (χ0n) is 15.7. The van der Waals surface area contributed by atoms with Crippen LogP contribution >= 0.6 is 0 Å². The van der Waals surface area contributed by atoms with Gasteiger partial charge in [0.2, 0.25) is 0 Å². The monoisotopic (exact) mass is 333 g/mol. The summed E-state index contributed by atoms with van der Waals surface area (Å²) in [4.78, 5) is 14.4. The van der Waals surface area contributed by atoms with Crippen molar-refractivity contribution in [2.75, 3.05) is 19.7 Å². The minimum absolute atomic E-state index is 0.0600. The van der Waals surface area contributed by atoms with Crippen molar-refractivity contribution in [3.05, 3.63) is 29.8 Å². The van der Waals surface area contributed by atoms with Gasteiger partial charge in [0.05, 0.1) is 6.10 Å². The van der Waals surface area contributed by atoms with E-state index >= 15 is 0 Å². The molecule has 1 saturated heterocycles. The van der Waals surface area contributed by atoms with Gasteiger partial charge in [-0.15, -0.1) is 0 Å². The van der Waals surface area contributed by atoms with Crippen molar-refractivity contribution in [2.45, 2.75) is 65.1 Å². The fourth-order valence-corrected chi connectivity index (χ4v) is 3.02. The zero-order chi connectivity index (χ0) is 17.7. The molecule has 0 saturated carbocycles. The molecule has 0 N–H and O–H groups in total. The highest BCUT2D eigenvalue weighted by Crippen LogP contribution is 2.25. The first-order chi connectivity index (χ1) is 11.3.